The zero-order chi connectivity index (χ0) is 14.8. The predicted octanol–water partition coefficient (Wildman–Crippen LogP) is 3.60. The van der Waals surface area contributed by atoms with Crippen molar-refractivity contribution in [3.05, 3.63) is 40.5 Å². The van der Waals surface area contributed by atoms with Crippen LogP contribution in [0.15, 0.2) is 34.9 Å². The highest BCUT2D eigenvalue weighted by Crippen LogP contribution is 2.38. The van der Waals surface area contributed by atoms with Crippen LogP contribution in [-0.2, 0) is 0 Å². The van der Waals surface area contributed by atoms with Crippen LogP contribution in [-0.4, -0.2) is 37.1 Å². The number of halogens is 1. The molecule has 21 heavy (non-hydrogen) atoms. The smallest absolute Gasteiger partial charge is 0.0761 e. The van der Waals surface area contributed by atoms with E-state index in [1.807, 2.05) is 19.3 Å². The first-order valence-electron chi connectivity index (χ1n) is 7.60. The summed E-state index contributed by atoms with van der Waals surface area (Å²) >= 11 is 3.65. The van der Waals surface area contributed by atoms with Crippen LogP contribution < -0.4 is 5.32 Å². The lowest BCUT2D eigenvalue weighted by atomic mass is 9.84. The van der Waals surface area contributed by atoms with Crippen LogP contribution in [0.5, 0.6) is 0 Å². The van der Waals surface area contributed by atoms with Crippen molar-refractivity contribution in [2.45, 2.75) is 18.9 Å². The molecule has 4 heteroatoms. The van der Waals surface area contributed by atoms with Gasteiger partial charge in [-0.1, -0.05) is 28.1 Å². The second-order valence-corrected chi connectivity index (χ2v) is 6.78. The van der Waals surface area contributed by atoms with Gasteiger partial charge in [0, 0.05) is 22.1 Å². The minimum absolute atomic E-state index is 0.441. The van der Waals surface area contributed by atoms with E-state index >= 15 is 0 Å². The number of hydrogen-bond acceptors (Lipinski definition) is 3. The molecule has 0 aliphatic carbocycles. The van der Waals surface area contributed by atoms with Gasteiger partial charge in [0.2, 0.25) is 0 Å². The Kier molecular flexibility index (Phi) is 4.57. The quantitative estimate of drug-likeness (QED) is 0.919. The Morgan fingerprint density at radius 2 is 2.24 bits per heavy atom. The molecular weight excluding hydrogens is 326 g/mol. The molecule has 2 atom stereocenters. The highest BCUT2D eigenvalue weighted by atomic mass is 79.9. The Morgan fingerprint density at radius 1 is 1.38 bits per heavy atom. The van der Waals surface area contributed by atoms with E-state index in [0.29, 0.717) is 12.0 Å². The average Bonchev–Trinajstić information content (AvgIpc) is 2.50. The fourth-order valence-corrected chi connectivity index (χ4v) is 4.08. The van der Waals surface area contributed by atoms with Crippen molar-refractivity contribution in [2.24, 2.45) is 5.92 Å². The molecular formula is C17H22BrN3. The SMILES string of the molecule is CNCC1CCCN(C)C1c1ccc(Br)c2cccnc12. The van der Waals surface area contributed by atoms with Crippen molar-refractivity contribution in [2.75, 3.05) is 27.2 Å². The monoisotopic (exact) mass is 347 g/mol. The van der Waals surface area contributed by atoms with Crippen molar-refractivity contribution in [3.8, 4) is 0 Å². The first kappa shape index (κ1) is 14.9. The summed E-state index contributed by atoms with van der Waals surface area (Å²) in [6.07, 6.45) is 4.45. The Morgan fingerprint density at radius 3 is 3.05 bits per heavy atom. The number of piperidine rings is 1. The molecule has 0 bridgehead atoms. The molecule has 3 rings (SSSR count). The number of hydrogen-bond donors (Lipinski definition) is 1. The molecule has 1 aromatic carbocycles. The molecule has 1 N–H and O–H groups in total. The Balaban J connectivity index is 2.11. The Hall–Kier alpha value is -0.970. The van der Waals surface area contributed by atoms with Gasteiger partial charge in [-0.2, -0.15) is 0 Å². The largest absolute Gasteiger partial charge is 0.319 e. The van der Waals surface area contributed by atoms with Crippen molar-refractivity contribution in [1.29, 1.82) is 0 Å². The van der Waals surface area contributed by atoms with Gasteiger partial charge in [-0.25, -0.2) is 0 Å². The number of fused-ring (bicyclic) bond motifs is 1. The third-order valence-electron chi connectivity index (χ3n) is 4.54. The standard InChI is InChI=1S/C17H22BrN3/c1-19-11-12-5-4-10-21(2)17(12)14-7-8-15(18)13-6-3-9-20-16(13)14/h3,6-9,12,17,19H,4-5,10-11H2,1-2H3. The molecule has 2 unspecified atom stereocenters. The normalized spacial score (nSPS) is 23.6. The molecule has 2 heterocycles. The molecule has 2 aromatic rings. The van der Waals surface area contributed by atoms with Gasteiger partial charge in [0.1, 0.15) is 0 Å². The summed E-state index contributed by atoms with van der Waals surface area (Å²) in [5.41, 5.74) is 2.49. The molecule has 0 spiro atoms. The second kappa shape index (κ2) is 6.42. The summed E-state index contributed by atoms with van der Waals surface area (Å²) in [7, 11) is 4.28. The minimum atomic E-state index is 0.441. The van der Waals surface area contributed by atoms with Gasteiger partial charge in [0.05, 0.1) is 5.52 Å². The number of pyridine rings is 1. The minimum Gasteiger partial charge on any atom is -0.319 e. The molecule has 1 aromatic heterocycles. The van der Waals surface area contributed by atoms with Crippen molar-refractivity contribution < 1.29 is 0 Å². The molecule has 1 saturated heterocycles. The van der Waals surface area contributed by atoms with Gasteiger partial charge < -0.3 is 5.32 Å². The lowest BCUT2D eigenvalue weighted by Crippen LogP contribution is -2.40. The number of aromatic nitrogens is 1. The van der Waals surface area contributed by atoms with Gasteiger partial charge in [-0.3, -0.25) is 9.88 Å². The third kappa shape index (κ3) is 2.85. The number of likely N-dealkylation sites (tertiary alicyclic amines) is 1. The van der Waals surface area contributed by atoms with Crippen LogP contribution in [0.25, 0.3) is 10.9 Å². The summed E-state index contributed by atoms with van der Waals surface area (Å²) in [5, 5.41) is 4.57. The van der Waals surface area contributed by atoms with Gasteiger partial charge >= 0.3 is 0 Å². The van der Waals surface area contributed by atoms with E-state index in [-0.39, 0.29) is 0 Å². The number of nitrogens with one attached hydrogen (secondary N) is 1. The highest BCUT2D eigenvalue weighted by molar-refractivity contribution is 9.10. The maximum Gasteiger partial charge on any atom is 0.0761 e. The molecule has 1 aliphatic heterocycles. The van der Waals surface area contributed by atoms with Crippen LogP contribution in [0.1, 0.15) is 24.4 Å². The molecule has 0 saturated carbocycles. The second-order valence-electron chi connectivity index (χ2n) is 5.92. The molecule has 0 radical (unpaired) electrons. The van der Waals surface area contributed by atoms with Crippen LogP contribution in [0.3, 0.4) is 0 Å². The fourth-order valence-electron chi connectivity index (χ4n) is 3.63. The zero-order valence-electron chi connectivity index (χ0n) is 12.6. The maximum absolute atomic E-state index is 4.67. The third-order valence-corrected chi connectivity index (χ3v) is 5.23. The van der Waals surface area contributed by atoms with Crippen LogP contribution in [0.4, 0.5) is 0 Å². The first-order valence-corrected chi connectivity index (χ1v) is 8.39. The molecule has 1 aliphatic rings. The first-order chi connectivity index (χ1) is 10.2. The van der Waals surface area contributed by atoms with Crippen molar-refractivity contribution in [3.63, 3.8) is 0 Å². The van der Waals surface area contributed by atoms with E-state index in [1.165, 1.54) is 23.8 Å². The summed E-state index contributed by atoms with van der Waals surface area (Å²) < 4.78 is 1.12. The number of nitrogens with zero attached hydrogens (tertiary/aromatic N) is 2. The van der Waals surface area contributed by atoms with Gasteiger partial charge in [-0.05, 0) is 63.6 Å². The lowest BCUT2D eigenvalue weighted by molar-refractivity contribution is 0.122. The summed E-state index contributed by atoms with van der Waals surface area (Å²) in [6.45, 7) is 2.22. The number of benzene rings is 1. The summed E-state index contributed by atoms with van der Waals surface area (Å²) in [6, 6.07) is 9.00. The van der Waals surface area contributed by atoms with E-state index in [4.69, 9.17) is 0 Å². The van der Waals surface area contributed by atoms with E-state index in [2.05, 4.69) is 56.4 Å². The topological polar surface area (TPSA) is 28.2 Å². The average molecular weight is 348 g/mol. The number of rotatable bonds is 3. The zero-order valence-corrected chi connectivity index (χ0v) is 14.2. The maximum atomic E-state index is 4.67. The molecule has 3 nitrogen and oxygen atoms in total. The van der Waals surface area contributed by atoms with Crippen LogP contribution in [0, 0.1) is 5.92 Å². The molecule has 112 valence electrons. The van der Waals surface area contributed by atoms with Crippen molar-refractivity contribution in [1.82, 2.24) is 15.2 Å². The van der Waals surface area contributed by atoms with E-state index in [1.54, 1.807) is 0 Å². The van der Waals surface area contributed by atoms with Gasteiger partial charge in [0.15, 0.2) is 0 Å². The Bertz CT molecular complexity index is 626. The van der Waals surface area contributed by atoms with Crippen LogP contribution >= 0.6 is 15.9 Å². The Labute approximate surface area is 134 Å². The molecule has 0 amide bonds. The van der Waals surface area contributed by atoms with Crippen molar-refractivity contribution >= 4 is 26.8 Å². The fraction of sp³-hybridized carbons (Fsp3) is 0.471. The highest BCUT2D eigenvalue weighted by Gasteiger charge is 2.31. The van der Waals surface area contributed by atoms with Gasteiger partial charge in [0.25, 0.3) is 0 Å². The van der Waals surface area contributed by atoms with Gasteiger partial charge in [-0.15, -0.1) is 0 Å². The van der Waals surface area contributed by atoms with E-state index in [0.717, 1.165) is 23.1 Å². The van der Waals surface area contributed by atoms with Crippen LogP contribution in [0.2, 0.25) is 0 Å². The van der Waals surface area contributed by atoms with E-state index in [9.17, 15) is 0 Å². The summed E-state index contributed by atoms with van der Waals surface area (Å²) in [5.74, 6) is 0.639. The van der Waals surface area contributed by atoms with E-state index < -0.39 is 0 Å². The summed E-state index contributed by atoms with van der Waals surface area (Å²) in [4.78, 5) is 7.16. The molecule has 1 fully saturated rings. The lowest BCUT2D eigenvalue weighted by Gasteiger charge is -2.40. The predicted molar refractivity (Wildman–Crippen MR) is 91.5 cm³/mol.